The molecule has 0 radical (unpaired) electrons. The van der Waals surface area contributed by atoms with Gasteiger partial charge in [0.25, 0.3) is 5.91 Å². The second kappa shape index (κ2) is 6.75. The Morgan fingerprint density at radius 1 is 1.40 bits per heavy atom. The zero-order valence-electron chi connectivity index (χ0n) is 12.2. The summed E-state index contributed by atoms with van der Waals surface area (Å²) in [5.41, 5.74) is 0.126. The molecule has 0 aliphatic carbocycles. The van der Waals surface area contributed by atoms with Gasteiger partial charge in [-0.25, -0.2) is 4.79 Å². The zero-order valence-corrected chi connectivity index (χ0v) is 13.0. The number of benzene rings is 1. The summed E-state index contributed by atoms with van der Waals surface area (Å²) in [4.78, 5) is 24.2. The van der Waals surface area contributed by atoms with E-state index in [4.69, 9.17) is 16.3 Å². The van der Waals surface area contributed by atoms with Crippen LogP contribution in [0, 0.1) is 6.92 Å². The van der Waals surface area contributed by atoms with Crippen LogP contribution >= 0.6 is 11.6 Å². The highest BCUT2D eigenvalue weighted by Crippen LogP contribution is 2.22. The summed E-state index contributed by atoms with van der Waals surface area (Å²) in [6, 6.07) is 5.21. The van der Waals surface area contributed by atoms with Crippen LogP contribution in [0.3, 0.4) is 0 Å². The van der Waals surface area contributed by atoms with Gasteiger partial charge in [-0.3, -0.25) is 4.79 Å². The fraction of sp³-hybridized carbons (Fsp3) is 0.467. The Kier molecular flexibility index (Phi) is 5.57. The summed E-state index contributed by atoms with van der Waals surface area (Å²) in [5.74, 6) is -0.837. The van der Waals surface area contributed by atoms with E-state index in [0.29, 0.717) is 17.0 Å². The maximum atomic E-state index is 12.3. The largest absolute Gasteiger partial charge is 0.467 e. The predicted octanol–water partition coefficient (Wildman–Crippen LogP) is 3.11. The molecule has 4 nitrogen and oxygen atoms in total. The predicted molar refractivity (Wildman–Crippen MR) is 79.0 cm³/mol. The fourth-order valence-electron chi connectivity index (χ4n) is 2.08. The maximum Gasteiger partial charge on any atom is 0.331 e. The highest BCUT2D eigenvalue weighted by Gasteiger charge is 2.35. The molecule has 0 saturated heterocycles. The third kappa shape index (κ3) is 3.51. The Balaban J connectivity index is 3.03. The summed E-state index contributed by atoms with van der Waals surface area (Å²) in [6.07, 6.45) is 1.24. The highest BCUT2D eigenvalue weighted by molar-refractivity contribution is 6.34. The van der Waals surface area contributed by atoms with Crippen LogP contribution in [0.1, 0.15) is 42.6 Å². The second-order valence-electron chi connectivity index (χ2n) is 4.96. The lowest BCUT2D eigenvalue weighted by atomic mass is 9.95. The molecule has 0 aliphatic heterocycles. The molecule has 0 fully saturated rings. The van der Waals surface area contributed by atoms with Crippen molar-refractivity contribution in [2.75, 3.05) is 7.11 Å². The summed E-state index contributed by atoms with van der Waals surface area (Å²) >= 11 is 6.13. The van der Waals surface area contributed by atoms with Crippen molar-refractivity contribution in [2.24, 2.45) is 0 Å². The fourth-order valence-corrected chi connectivity index (χ4v) is 2.29. The Morgan fingerprint density at radius 2 is 2.05 bits per heavy atom. The lowest BCUT2D eigenvalue weighted by Gasteiger charge is -2.27. The molecular formula is C15H20ClNO3. The first-order valence-corrected chi connectivity index (χ1v) is 6.89. The van der Waals surface area contributed by atoms with Gasteiger partial charge in [0.15, 0.2) is 0 Å². The molecule has 1 amide bonds. The first-order valence-electron chi connectivity index (χ1n) is 6.51. The molecule has 1 aromatic carbocycles. The smallest absolute Gasteiger partial charge is 0.331 e. The number of hydrogen-bond donors (Lipinski definition) is 1. The molecule has 5 heteroatoms. The Hall–Kier alpha value is -1.55. The average molecular weight is 298 g/mol. The lowest BCUT2D eigenvalue weighted by Crippen LogP contribution is -2.52. The molecule has 1 aromatic rings. The summed E-state index contributed by atoms with van der Waals surface area (Å²) < 4.78 is 4.77. The van der Waals surface area contributed by atoms with E-state index in [1.165, 1.54) is 7.11 Å². The van der Waals surface area contributed by atoms with Gasteiger partial charge < -0.3 is 10.1 Å². The van der Waals surface area contributed by atoms with E-state index in [0.717, 1.165) is 12.0 Å². The van der Waals surface area contributed by atoms with Gasteiger partial charge in [0.05, 0.1) is 17.7 Å². The third-order valence-electron chi connectivity index (χ3n) is 3.21. The highest BCUT2D eigenvalue weighted by atomic mass is 35.5. The number of nitrogens with one attached hydrogen (secondary N) is 1. The van der Waals surface area contributed by atoms with Crippen LogP contribution in [-0.2, 0) is 9.53 Å². The number of carbonyl (C=O) groups is 2. The maximum absolute atomic E-state index is 12.3. The van der Waals surface area contributed by atoms with Crippen LogP contribution in [0.15, 0.2) is 18.2 Å². The van der Waals surface area contributed by atoms with E-state index < -0.39 is 11.5 Å². The molecule has 0 aliphatic rings. The second-order valence-corrected chi connectivity index (χ2v) is 5.34. The molecular weight excluding hydrogens is 278 g/mol. The number of methoxy groups -OCH3 is 1. The number of rotatable bonds is 5. The molecule has 1 rings (SSSR count). The van der Waals surface area contributed by atoms with Gasteiger partial charge >= 0.3 is 5.97 Å². The quantitative estimate of drug-likeness (QED) is 0.850. The number of hydrogen-bond acceptors (Lipinski definition) is 3. The van der Waals surface area contributed by atoms with Crippen LogP contribution in [0.4, 0.5) is 0 Å². The number of ether oxygens (including phenoxy) is 1. The molecule has 0 aromatic heterocycles. The minimum atomic E-state index is -1.05. The Bertz CT molecular complexity index is 516. The van der Waals surface area contributed by atoms with Gasteiger partial charge in [0.2, 0.25) is 0 Å². The normalized spacial score (nSPS) is 13.4. The summed E-state index contributed by atoms with van der Waals surface area (Å²) in [7, 11) is 1.31. The van der Waals surface area contributed by atoms with Gasteiger partial charge in [-0.05, 0) is 31.9 Å². The number of amides is 1. The molecule has 0 spiro atoms. The average Bonchev–Trinajstić information content (AvgIpc) is 2.40. The van der Waals surface area contributed by atoms with Gasteiger partial charge in [-0.1, -0.05) is 37.1 Å². The molecule has 0 saturated carbocycles. The SMILES string of the molecule is CCCC(C)(NC(=O)c1cccc(C)c1Cl)C(=O)OC. The number of halogens is 1. The molecule has 1 atom stereocenters. The number of aryl methyl sites for hydroxylation is 1. The van der Waals surface area contributed by atoms with Crippen LogP contribution < -0.4 is 5.32 Å². The van der Waals surface area contributed by atoms with Crippen molar-refractivity contribution in [1.82, 2.24) is 5.32 Å². The first kappa shape index (κ1) is 16.5. The third-order valence-corrected chi connectivity index (χ3v) is 3.71. The first-order chi connectivity index (χ1) is 9.35. The van der Waals surface area contributed by atoms with Crippen molar-refractivity contribution < 1.29 is 14.3 Å². The topological polar surface area (TPSA) is 55.4 Å². The van der Waals surface area contributed by atoms with Gasteiger partial charge in [-0.15, -0.1) is 0 Å². The minimum Gasteiger partial charge on any atom is -0.467 e. The van der Waals surface area contributed by atoms with E-state index in [1.54, 1.807) is 19.1 Å². The van der Waals surface area contributed by atoms with Crippen molar-refractivity contribution in [3.8, 4) is 0 Å². The van der Waals surface area contributed by atoms with Crippen molar-refractivity contribution in [1.29, 1.82) is 0 Å². The molecule has 1 N–H and O–H groups in total. The van der Waals surface area contributed by atoms with Crippen molar-refractivity contribution in [3.63, 3.8) is 0 Å². The molecule has 0 heterocycles. The Labute approximate surface area is 124 Å². The minimum absolute atomic E-state index is 0.359. The standard InChI is InChI=1S/C15H20ClNO3/c1-5-9-15(3,14(19)20-4)17-13(18)11-8-6-7-10(2)12(11)16/h6-8H,5,9H2,1-4H3,(H,17,18). The van der Waals surface area contributed by atoms with E-state index >= 15 is 0 Å². The number of carbonyl (C=O) groups excluding carboxylic acids is 2. The van der Waals surface area contributed by atoms with Gasteiger partial charge in [0, 0.05) is 0 Å². The van der Waals surface area contributed by atoms with Crippen molar-refractivity contribution >= 4 is 23.5 Å². The van der Waals surface area contributed by atoms with Crippen LogP contribution in [0.2, 0.25) is 5.02 Å². The van der Waals surface area contributed by atoms with E-state index in [-0.39, 0.29) is 5.91 Å². The van der Waals surface area contributed by atoms with Crippen LogP contribution in [0.25, 0.3) is 0 Å². The Morgan fingerprint density at radius 3 is 2.60 bits per heavy atom. The summed E-state index contributed by atoms with van der Waals surface area (Å²) in [5, 5.41) is 3.13. The van der Waals surface area contributed by atoms with Crippen molar-refractivity contribution in [3.05, 3.63) is 34.3 Å². The molecule has 110 valence electrons. The number of esters is 1. The molecule has 20 heavy (non-hydrogen) atoms. The van der Waals surface area contributed by atoms with Crippen LogP contribution in [0.5, 0.6) is 0 Å². The van der Waals surface area contributed by atoms with Crippen molar-refractivity contribution in [2.45, 2.75) is 39.2 Å². The van der Waals surface area contributed by atoms with Gasteiger partial charge in [-0.2, -0.15) is 0 Å². The molecule has 0 bridgehead atoms. The molecule has 1 unspecified atom stereocenters. The summed E-state index contributed by atoms with van der Waals surface area (Å²) in [6.45, 7) is 5.42. The van der Waals surface area contributed by atoms with E-state index in [9.17, 15) is 9.59 Å². The monoisotopic (exact) mass is 297 g/mol. The van der Waals surface area contributed by atoms with Gasteiger partial charge in [0.1, 0.15) is 5.54 Å². The van der Waals surface area contributed by atoms with Crippen LogP contribution in [-0.4, -0.2) is 24.5 Å². The lowest BCUT2D eigenvalue weighted by molar-refractivity contribution is -0.147. The van der Waals surface area contributed by atoms with E-state index in [1.807, 2.05) is 19.9 Å². The van der Waals surface area contributed by atoms with E-state index in [2.05, 4.69) is 5.32 Å². The zero-order chi connectivity index (χ0) is 15.3.